The van der Waals surface area contributed by atoms with E-state index in [1.807, 2.05) is 13.8 Å². The first-order chi connectivity index (χ1) is 22.3. The Morgan fingerprint density at radius 1 is 0.894 bits per heavy atom. The summed E-state index contributed by atoms with van der Waals surface area (Å²) in [5.41, 5.74) is 1.46. The number of ether oxygens (including phenoxy) is 3. The van der Waals surface area contributed by atoms with Crippen LogP contribution in [0.5, 0.6) is 11.5 Å². The van der Waals surface area contributed by atoms with Gasteiger partial charge in [0, 0.05) is 22.9 Å². The molecule has 0 saturated heterocycles. The fourth-order valence-electron chi connectivity index (χ4n) is 4.51. The van der Waals surface area contributed by atoms with Crippen molar-refractivity contribution in [2.75, 3.05) is 22.6 Å². The van der Waals surface area contributed by atoms with Gasteiger partial charge in [-0.1, -0.05) is 12.7 Å². The second-order valence-corrected chi connectivity index (χ2v) is 12.3. The van der Waals surface area contributed by atoms with Crippen molar-refractivity contribution in [1.82, 2.24) is 0 Å². The summed E-state index contributed by atoms with van der Waals surface area (Å²) in [5, 5.41) is 8.48. The second-order valence-electron chi connectivity index (χ2n) is 12.3. The number of terminal acetylenes is 1. The van der Waals surface area contributed by atoms with Crippen molar-refractivity contribution in [3.63, 3.8) is 0 Å². The first-order valence-electron chi connectivity index (χ1n) is 15.2. The Balaban J connectivity index is 1.54. The van der Waals surface area contributed by atoms with Crippen molar-refractivity contribution in [2.24, 2.45) is 11.8 Å². The summed E-state index contributed by atoms with van der Waals surface area (Å²) in [7, 11) is 0. The maximum atomic E-state index is 13.5. The zero-order valence-electron chi connectivity index (χ0n) is 27.1. The predicted molar refractivity (Wildman–Crippen MR) is 181 cm³/mol. The molecule has 3 N–H and O–H groups in total. The van der Waals surface area contributed by atoms with Crippen LogP contribution in [0.2, 0.25) is 0 Å². The van der Waals surface area contributed by atoms with Gasteiger partial charge >= 0.3 is 5.97 Å². The minimum atomic E-state index is -0.639. The fourth-order valence-corrected chi connectivity index (χ4v) is 4.51. The van der Waals surface area contributed by atoms with Crippen molar-refractivity contribution in [1.29, 1.82) is 0 Å². The SMILES string of the molecule is C#CC1CC1C(=O)Nc1ccc(C(=O)Nc2ccc(C(=O)Nc3ccc(C(=O)OC(C)(C)C)cc3)c(OCC=C)c2OC(C)C)cc1. The Hall–Kier alpha value is -5.56. The lowest BCUT2D eigenvalue weighted by Gasteiger charge is -2.21. The first kappa shape index (κ1) is 34.3. The highest BCUT2D eigenvalue weighted by molar-refractivity contribution is 6.09. The van der Waals surface area contributed by atoms with Crippen LogP contribution in [0.15, 0.2) is 73.3 Å². The van der Waals surface area contributed by atoms with Crippen LogP contribution in [0.1, 0.15) is 72.1 Å². The van der Waals surface area contributed by atoms with E-state index in [0.29, 0.717) is 28.9 Å². The molecule has 3 aromatic rings. The molecule has 244 valence electrons. The molecule has 0 aliphatic heterocycles. The van der Waals surface area contributed by atoms with Gasteiger partial charge in [-0.25, -0.2) is 4.79 Å². The monoisotopic (exact) mass is 637 g/mol. The topological polar surface area (TPSA) is 132 Å². The van der Waals surface area contributed by atoms with Gasteiger partial charge in [-0.05, 0) is 102 Å². The van der Waals surface area contributed by atoms with E-state index in [9.17, 15) is 19.2 Å². The van der Waals surface area contributed by atoms with Crippen LogP contribution in [-0.2, 0) is 9.53 Å². The number of anilines is 3. The van der Waals surface area contributed by atoms with E-state index in [4.69, 9.17) is 20.6 Å². The molecule has 0 heterocycles. The Kier molecular flexibility index (Phi) is 10.7. The highest BCUT2D eigenvalue weighted by Gasteiger charge is 2.41. The van der Waals surface area contributed by atoms with Gasteiger partial charge in [-0.2, -0.15) is 0 Å². The minimum absolute atomic E-state index is 0.0301. The number of hydrogen-bond acceptors (Lipinski definition) is 7. The number of hydrogen-bond donors (Lipinski definition) is 3. The standard InChI is InChI=1S/C37H39N3O7/c1-8-20-45-31-28(34(42)38-27-16-12-25(13-17-27)36(44)47-37(5,6)7)18-19-30(32(31)46-22(3)4)40-33(41)24-10-14-26(15-11-24)39-35(43)29-21-23(29)9-2/h2,8,10-19,22-23,29H,1,20-21H2,3-7H3,(H,38,42)(H,39,43)(H,40,41). The molecule has 0 aromatic heterocycles. The number of benzene rings is 3. The number of nitrogens with one attached hydrogen (secondary N) is 3. The molecule has 0 bridgehead atoms. The molecule has 1 aliphatic carbocycles. The molecule has 1 aliphatic rings. The van der Waals surface area contributed by atoms with Crippen LogP contribution in [0.25, 0.3) is 0 Å². The molecule has 0 radical (unpaired) electrons. The molecule has 0 spiro atoms. The Labute approximate surface area is 274 Å². The van der Waals surface area contributed by atoms with Crippen LogP contribution < -0.4 is 25.4 Å². The predicted octanol–water partition coefficient (Wildman–Crippen LogP) is 6.71. The van der Waals surface area contributed by atoms with E-state index in [1.165, 1.54) is 12.1 Å². The highest BCUT2D eigenvalue weighted by Crippen LogP contribution is 2.41. The summed E-state index contributed by atoms with van der Waals surface area (Å²) in [4.78, 5) is 51.5. The van der Waals surface area contributed by atoms with E-state index in [-0.39, 0.29) is 53.2 Å². The lowest BCUT2D eigenvalue weighted by atomic mass is 10.1. The van der Waals surface area contributed by atoms with E-state index in [2.05, 4.69) is 28.4 Å². The molecule has 4 rings (SSSR count). The number of carbonyl (C=O) groups excluding carboxylic acids is 4. The molecule has 3 amide bonds. The molecule has 10 nitrogen and oxygen atoms in total. The van der Waals surface area contributed by atoms with E-state index >= 15 is 0 Å². The molecule has 3 aromatic carbocycles. The Morgan fingerprint density at radius 2 is 1.51 bits per heavy atom. The Bertz CT molecular complexity index is 1700. The number of rotatable bonds is 12. The quantitative estimate of drug-likeness (QED) is 0.114. The molecule has 10 heteroatoms. The molecular weight excluding hydrogens is 598 g/mol. The summed E-state index contributed by atoms with van der Waals surface area (Å²) in [6.07, 6.45) is 7.26. The van der Waals surface area contributed by atoms with Gasteiger partial charge in [-0.15, -0.1) is 12.3 Å². The van der Waals surface area contributed by atoms with Crippen LogP contribution in [0.3, 0.4) is 0 Å². The molecule has 2 atom stereocenters. The normalized spacial score (nSPS) is 15.1. The summed E-state index contributed by atoms with van der Waals surface area (Å²) in [5.74, 6) is 1.09. The third-order valence-electron chi connectivity index (χ3n) is 6.84. The van der Waals surface area contributed by atoms with Gasteiger partial charge in [0.25, 0.3) is 11.8 Å². The van der Waals surface area contributed by atoms with Gasteiger partial charge in [0.15, 0.2) is 11.5 Å². The van der Waals surface area contributed by atoms with Gasteiger partial charge in [0.2, 0.25) is 5.91 Å². The molecule has 1 fully saturated rings. The zero-order chi connectivity index (χ0) is 34.3. The molecular formula is C37H39N3O7. The smallest absolute Gasteiger partial charge is 0.338 e. The lowest BCUT2D eigenvalue weighted by Crippen LogP contribution is -2.23. The maximum absolute atomic E-state index is 13.5. The fraction of sp³-hybridized carbons (Fsp3) is 0.297. The van der Waals surface area contributed by atoms with Gasteiger partial charge in [-0.3, -0.25) is 14.4 Å². The zero-order valence-corrected chi connectivity index (χ0v) is 27.1. The number of esters is 1. The van der Waals surface area contributed by atoms with Crippen molar-refractivity contribution in [3.8, 4) is 23.8 Å². The highest BCUT2D eigenvalue weighted by atomic mass is 16.6. The van der Waals surface area contributed by atoms with Gasteiger partial charge < -0.3 is 30.2 Å². The average Bonchev–Trinajstić information content (AvgIpc) is 3.81. The number of carbonyl (C=O) groups is 4. The lowest BCUT2D eigenvalue weighted by molar-refractivity contribution is -0.117. The van der Waals surface area contributed by atoms with E-state index in [1.54, 1.807) is 75.4 Å². The van der Waals surface area contributed by atoms with Crippen LogP contribution >= 0.6 is 0 Å². The molecule has 2 unspecified atom stereocenters. The first-order valence-corrected chi connectivity index (χ1v) is 15.2. The molecule has 47 heavy (non-hydrogen) atoms. The van der Waals surface area contributed by atoms with Crippen LogP contribution in [0.4, 0.5) is 17.1 Å². The maximum Gasteiger partial charge on any atom is 0.338 e. The largest absolute Gasteiger partial charge is 0.485 e. The van der Waals surface area contributed by atoms with Crippen molar-refractivity contribution in [2.45, 2.75) is 52.7 Å². The van der Waals surface area contributed by atoms with E-state index in [0.717, 1.165) is 0 Å². The average molecular weight is 638 g/mol. The Morgan fingerprint density at radius 3 is 2.06 bits per heavy atom. The van der Waals surface area contributed by atoms with Crippen molar-refractivity contribution < 1.29 is 33.4 Å². The second kappa shape index (κ2) is 14.7. The van der Waals surface area contributed by atoms with Crippen molar-refractivity contribution in [3.05, 3.63) is 90.0 Å². The molecule has 1 saturated carbocycles. The minimum Gasteiger partial charge on any atom is -0.485 e. The van der Waals surface area contributed by atoms with Crippen molar-refractivity contribution >= 4 is 40.8 Å². The van der Waals surface area contributed by atoms with Gasteiger partial charge in [0.05, 0.1) is 28.8 Å². The number of amides is 3. The third kappa shape index (κ3) is 9.23. The van der Waals surface area contributed by atoms with Gasteiger partial charge in [0.1, 0.15) is 12.2 Å². The third-order valence-corrected chi connectivity index (χ3v) is 6.84. The van der Waals surface area contributed by atoms with Crippen LogP contribution in [-0.4, -0.2) is 42.0 Å². The summed E-state index contributed by atoms with van der Waals surface area (Å²) in [6.45, 7) is 12.7. The summed E-state index contributed by atoms with van der Waals surface area (Å²) in [6, 6.07) is 15.8. The summed E-state index contributed by atoms with van der Waals surface area (Å²) < 4.78 is 17.4. The summed E-state index contributed by atoms with van der Waals surface area (Å²) >= 11 is 0. The van der Waals surface area contributed by atoms with E-state index < -0.39 is 23.4 Å². The van der Waals surface area contributed by atoms with Crippen LogP contribution in [0, 0.1) is 24.2 Å².